The third-order valence-electron chi connectivity index (χ3n) is 4.18. The summed E-state index contributed by atoms with van der Waals surface area (Å²) >= 11 is 0. The van der Waals surface area contributed by atoms with Gasteiger partial charge in [0.2, 0.25) is 0 Å². The Kier molecular flexibility index (Phi) is 5.61. The fourth-order valence-corrected chi connectivity index (χ4v) is 2.70. The number of carbonyl (C=O) groups excluding carboxylic acids is 2. The van der Waals surface area contributed by atoms with E-state index >= 15 is 0 Å². The molecule has 136 valence electrons. The summed E-state index contributed by atoms with van der Waals surface area (Å²) < 4.78 is 0. The molecule has 0 fully saturated rings. The first-order chi connectivity index (χ1) is 13.0. The summed E-state index contributed by atoms with van der Waals surface area (Å²) in [4.78, 5) is 29.0. The molecule has 3 rings (SSSR count). The van der Waals surface area contributed by atoms with E-state index in [2.05, 4.69) is 15.6 Å². The number of hydrogen-bond donors (Lipinski definition) is 2. The number of benzene rings is 2. The van der Waals surface area contributed by atoms with Gasteiger partial charge in [0.1, 0.15) is 5.69 Å². The van der Waals surface area contributed by atoms with E-state index < -0.39 is 0 Å². The molecule has 0 aliphatic rings. The van der Waals surface area contributed by atoms with Gasteiger partial charge >= 0.3 is 0 Å². The Morgan fingerprint density at radius 1 is 0.926 bits per heavy atom. The minimum Gasteiger partial charge on any atom is -0.347 e. The van der Waals surface area contributed by atoms with E-state index in [1.807, 2.05) is 62.4 Å². The van der Waals surface area contributed by atoms with Crippen LogP contribution in [-0.4, -0.2) is 16.8 Å². The molecule has 1 aromatic heterocycles. The SMILES string of the molecule is Cc1cccc(CNC(=O)c2cc(C(=O)Nc3ccccc3C)ccn2)c1. The number of rotatable bonds is 5. The van der Waals surface area contributed by atoms with Crippen molar-refractivity contribution in [2.24, 2.45) is 0 Å². The van der Waals surface area contributed by atoms with Gasteiger partial charge in [-0.15, -0.1) is 0 Å². The molecule has 5 nitrogen and oxygen atoms in total. The Balaban J connectivity index is 1.68. The second-order valence-corrected chi connectivity index (χ2v) is 6.37. The highest BCUT2D eigenvalue weighted by atomic mass is 16.2. The largest absolute Gasteiger partial charge is 0.347 e. The van der Waals surface area contributed by atoms with Crippen molar-refractivity contribution in [3.63, 3.8) is 0 Å². The lowest BCUT2D eigenvalue weighted by Gasteiger charge is -2.09. The standard InChI is InChI=1S/C22H21N3O2/c1-15-6-5-8-17(12-15)14-24-22(27)20-13-18(10-11-23-20)21(26)25-19-9-4-3-7-16(19)2/h3-13H,14H2,1-2H3,(H,24,27)(H,25,26). The van der Waals surface area contributed by atoms with Gasteiger partial charge in [-0.05, 0) is 43.2 Å². The van der Waals surface area contributed by atoms with Gasteiger partial charge < -0.3 is 10.6 Å². The second kappa shape index (κ2) is 8.27. The van der Waals surface area contributed by atoms with Crippen LogP contribution >= 0.6 is 0 Å². The molecule has 0 unspecified atom stereocenters. The molecule has 27 heavy (non-hydrogen) atoms. The zero-order valence-corrected chi connectivity index (χ0v) is 15.3. The van der Waals surface area contributed by atoms with E-state index in [4.69, 9.17) is 0 Å². The molecule has 3 aromatic rings. The van der Waals surface area contributed by atoms with Crippen molar-refractivity contribution in [2.45, 2.75) is 20.4 Å². The number of aryl methyl sites for hydroxylation is 2. The fourth-order valence-electron chi connectivity index (χ4n) is 2.70. The Labute approximate surface area is 158 Å². The quantitative estimate of drug-likeness (QED) is 0.726. The van der Waals surface area contributed by atoms with E-state index in [0.717, 1.165) is 22.4 Å². The fraction of sp³-hybridized carbons (Fsp3) is 0.136. The lowest BCUT2D eigenvalue weighted by Crippen LogP contribution is -2.24. The molecular formula is C22H21N3O2. The molecule has 1 heterocycles. The van der Waals surface area contributed by atoms with Crippen molar-refractivity contribution >= 4 is 17.5 Å². The molecule has 0 saturated carbocycles. The van der Waals surface area contributed by atoms with Crippen molar-refractivity contribution in [3.05, 3.63) is 94.8 Å². The van der Waals surface area contributed by atoms with Crippen molar-refractivity contribution < 1.29 is 9.59 Å². The highest BCUT2D eigenvalue weighted by molar-refractivity contribution is 6.06. The van der Waals surface area contributed by atoms with Crippen LogP contribution in [0.2, 0.25) is 0 Å². The van der Waals surface area contributed by atoms with Crippen LogP contribution in [0, 0.1) is 13.8 Å². The maximum atomic E-state index is 12.5. The van der Waals surface area contributed by atoms with Gasteiger partial charge in [-0.25, -0.2) is 0 Å². The molecule has 0 bridgehead atoms. The van der Waals surface area contributed by atoms with Crippen molar-refractivity contribution in [1.82, 2.24) is 10.3 Å². The summed E-state index contributed by atoms with van der Waals surface area (Å²) in [6.07, 6.45) is 1.47. The van der Waals surface area contributed by atoms with E-state index in [1.165, 1.54) is 12.3 Å². The Morgan fingerprint density at radius 2 is 1.74 bits per heavy atom. The Bertz CT molecular complexity index is 983. The van der Waals surface area contributed by atoms with Gasteiger partial charge in [0, 0.05) is 24.0 Å². The smallest absolute Gasteiger partial charge is 0.270 e. The third-order valence-corrected chi connectivity index (χ3v) is 4.18. The first-order valence-corrected chi connectivity index (χ1v) is 8.70. The van der Waals surface area contributed by atoms with Gasteiger partial charge in [-0.2, -0.15) is 0 Å². The van der Waals surface area contributed by atoms with Crippen molar-refractivity contribution in [3.8, 4) is 0 Å². The summed E-state index contributed by atoms with van der Waals surface area (Å²) in [5.74, 6) is -0.596. The van der Waals surface area contributed by atoms with Crippen LogP contribution in [0.5, 0.6) is 0 Å². The molecule has 0 saturated heterocycles. The summed E-state index contributed by atoms with van der Waals surface area (Å²) in [5.41, 5.74) is 4.45. The van der Waals surface area contributed by atoms with E-state index in [1.54, 1.807) is 6.07 Å². The average Bonchev–Trinajstić information content (AvgIpc) is 2.68. The molecule has 0 radical (unpaired) electrons. The zero-order valence-electron chi connectivity index (χ0n) is 15.3. The highest BCUT2D eigenvalue weighted by Gasteiger charge is 2.12. The van der Waals surface area contributed by atoms with Crippen LogP contribution in [0.4, 0.5) is 5.69 Å². The van der Waals surface area contributed by atoms with Gasteiger partial charge in [0.15, 0.2) is 0 Å². The normalized spacial score (nSPS) is 10.3. The van der Waals surface area contributed by atoms with Crippen LogP contribution in [-0.2, 0) is 6.54 Å². The lowest BCUT2D eigenvalue weighted by molar-refractivity contribution is 0.0946. The predicted octanol–water partition coefficient (Wildman–Crippen LogP) is 3.88. The lowest BCUT2D eigenvalue weighted by atomic mass is 10.1. The number of anilines is 1. The van der Waals surface area contributed by atoms with E-state index in [0.29, 0.717) is 12.1 Å². The van der Waals surface area contributed by atoms with Crippen molar-refractivity contribution in [2.75, 3.05) is 5.32 Å². The Hall–Kier alpha value is -3.47. The number of nitrogens with zero attached hydrogens (tertiary/aromatic N) is 1. The molecule has 5 heteroatoms. The summed E-state index contributed by atoms with van der Waals surface area (Å²) in [5, 5.41) is 5.69. The van der Waals surface area contributed by atoms with Gasteiger partial charge in [-0.1, -0.05) is 48.0 Å². The minimum absolute atomic E-state index is 0.208. The zero-order chi connectivity index (χ0) is 19.2. The highest BCUT2D eigenvalue weighted by Crippen LogP contribution is 2.15. The summed E-state index contributed by atoms with van der Waals surface area (Å²) in [6.45, 7) is 4.33. The molecule has 2 N–H and O–H groups in total. The molecule has 2 amide bonds. The number of para-hydroxylation sites is 1. The molecule has 0 aliphatic heterocycles. The predicted molar refractivity (Wildman–Crippen MR) is 106 cm³/mol. The topological polar surface area (TPSA) is 71.1 Å². The van der Waals surface area contributed by atoms with Crippen LogP contribution < -0.4 is 10.6 Å². The maximum Gasteiger partial charge on any atom is 0.270 e. The number of hydrogen-bond acceptors (Lipinski definition) is 3. The number of pyridine rings is 1. The molecule has 0 aliphatic carbocycles. The van der Waals surface area contributed by atoms with E-state index in [-0.39, 0.29) is 17.5 Å². The molecule has 0 atom stereocenters. The van der Waals surface area contributed by atoms with Crippen LogP contribution in [0.3, 0.4) is 0 Å². The molecule has 2 aromatic carbocycles. The molecular weight excluding hydrogens is 338 g/mol. The summed E-state index contributed by atoms with van der Waals surface area (Å²) in [6, 6.07) is 18.5. The second-order valence-electron chi connectivity index (χ2n) is 6.37. The monoisotopic (exact) mass is 359 g/mol. The van der Waals surface area contributed by atoms with Gasteiger partial charge in [-0.3, -0.25) is 14.6 Å². The van der Waals surface area contributed by atoms with Crippen LogP contribution in [0.1, 0.15) is 37.5 Å². The number of nitrogens with one attached hydrogen (secondary N) is 2. The van der Waals surface area contributed by atoms with Crippen LogP contribution in [0.25, 0.3) is 0 Å². The number of aromatic nitrogens is 1. The average molecular weight is 359 g/mol. The van der Waals surface area contributed by atoms with Gasteiger partial charge in [0.25, 0.3) is 11.8 Å². The van der Waals surface area contributed by atoms with Crippen LogP contribution in [0.15, 0.2) is 66.9 Å². The number of amides is 2. The van der Waals surface area contributed by atoms with Gasteiger partial charge in [0.05, 0.1) is 0 Å². The number of carbonyl (C=O) groups is 2. The van der Waals surface area contributed by atoms with E-state index in [9.17, 15) is 9.59 Å². The first-order valence-electron chi connectivity index (χ1n) is 8.70. The molecule has 0 spiro atoms. The first kappa shape index (κ1) is 18.3. The Morgan fingerprint density at radius 3 is 2.52 bits per heavy atom. The third kappa shape index (κ3) is 4.79. The maximum absolute atomic E-state index is 12.5. The van der Waals surface area contributed by atoms with Crippen molar-refractivity contribution in [1.29, 1.82) is 0 Å². The summed E-state index contributed by atoms with van der Waals surface area (Å²) in [7, 11) is 0. The minimum atomic E-state index is -0.318.